The van der Waals surface area contributed by atoms with Crippen LogP contribution in [0.15, 0.2) is 24.3 Å². The number of aryl methyl sites for hydroxylation is 2. The summed E-state index contributed by atoms with van der Waals surface area (Å²) in [6.45, 7) is 8.23. The second-order valence-corrected chi connectivity index (χ2v) is 5.20. The Labute approximate surface area is 126 Å². The van der Waals surface area contributed by atoms with Gasteiger partial charge in [0, 0.05) is 17.0 Å². The largest absolute Gasteiger partial charge is 0.508 e. The molecule has 4 nitrogen and oxygen atoms in total. The number of aromatic nitrogens is 2. The van der Waals surface area contributed by atoms with E-state index in [1.54, 1.807) is 12.1 Å². The van der Waals surface area contributed by atoms with Crippen molar-refractivity contribution in [2.24, 2.45) is 0 Å². The monoisotopic (exact) mass is 285 g/mol. The number of hydrogen-bond donors (Lipinski definition) is 2. The Morgan fingerprint density at radius 2 is 1.67 bits per heavy atom. The summed E-state index contributed by atoms with van der Waals surface area (Å²) in [6.07, 6.45) is 2.10. The molecule has 2 N–H and O–H groups in total. The molecule has 1 heterocycles. The van der Waals surface area contributed by atoms with E-state index in [4.69, 9.17) is 0 Å². The summed E-state index contributed by atoms with van der Waals surface area (Å²) in [5.41, 5.74) is 4.26. The number of phenolic OH excluding ortho intramolecular Hbond substituents is 1. The molecule has 4 heteroatoms. The number of phenols is 1. The predicted octanol–water partition coefficient (Wildman–Crippen LogP) is 3.01. The molecule has 1 aromatic carbocycles. The molecule has 0 bridgehead atoms. The fraction of sp³-hybridized carbons (Fsp3) is 0.412. The van der Waals surface area contributed by atoms with Gasteiger partial charge in [0.25, 0.3) is 0 Å². The summed E-state index contributed by atoms with van der Waals surface area (Å²) in [4.78, 5) is 9.24. The summed E-state index contributed by atoms with van der Waals surface area (Å²) >= 11 is 0. The molecule has 0 unspecified atom stereocenters. The van der Waals surface area contributed by atoms with Crippen LogP contribution in [-0.4, -0.2) is 28.2 Å². The van der Waals surface area contributed by atoms with E-state index in [1.807, 2.05) is 26.0 Å². The van der Waals surface area contributed by atoms with Crippen LogP contribution in [0.25, 0.3) is 11.4 Å². The zero-order chi connectivity index (χ0) is 15.2. The van der Waals surface area contributed by atoms with Gasteiger partial charge in [-0.05, 0) is 69.6 Å². The first-order valence-electron chi connectivity index (χ1n) is 7.46. The first kappa shape index (κ1) is 15.4. The van der Waals surface area contributed by atoms with E-state index in [2.05, 4.69) is 22.2 Å². The lowest BCUT2D eigenvalue weighted by Crippen LogP contribution is -2.15. The maximum absolute atomic E-state index is 9.35. The van der Waals surface area contributed by atoms with Gasteiger partial charge in [-0.1, -0.05) is 6.92 Å². The van der Waals surface area contributed by atoms with Gasteiger partial charge >= 0.3 is 0 Å². The van der Waals surface area contributed by atoms with E-state index < -0.39 is 0 Å². The average Bonchev–Trinajstić information content (AvgIpc) is 2.46. The van der Waals surface area contributed by atoms with E-state index in [9.17, 15) is 5.11 Å². The molecule has 0 amide bonds. The molecule has 0 aliphatic carbocycles. The zero-order valence-electron chi connectivity index (χ0n) is 13.0. The minimum Gasteiger partial charge on any atom is -0.508 e. The Bertz CT molecular complexity index is 570. The molecule has 0 aliphatic rings. The number of benzene rings is 1. The van der Waals surface area contributed by atoms with Crippen molar-refractivity contribution < 1.29 is 5.11 Å². The Kier molecular flexibility index (Phi) is 5.28. The Hall–Kier alpha value is -1.94. The van der Waals surface area contributed by atoms with Crippen molar-refractivity contribution in [1.29, 1.82) is 0 Å². The first-order chi connectivity index (χ1) is 10.1. The normalized spacial score (nSPS) is 10.8. The van der Waals surface area contributed by atoms with Gasteiger partial charge in [0.15, 0.2) is 5.82 Å². The molecule has 0 saturated heterocycles. The van der Waals surface area contributed by atoms with E-state index in [0.717, 1.165) is 48.7 Å². The number of nitrogens with one attached hydrogen (secondary N) is 1. The minimum atomic E-state index is 0.257. The van der Waals surface area contributed by atoms with Crippen molar-refractivity contribution in [3.63, 3.8) is 0 Å². The van der Waals surface area contributed by atoms with E-state index >= 15 is 0 Å². The van der Waals surface area contributed by atoms with Crippen LogP contribution in [0.4, 0.5) is 0 Å². The maximum Gasteiger partial charge on any atom is 0.159 e. The van der Waals surface area contributed by atoms with Gasteiger partial charge in [0.2, 0.25) is 0 Å². The van der Waals surface area contributed by atoms with E-state index in [1.165, 1.54) is 5.56 Å². The minimum absolute atomic E-state index is 0.257. The van der Waals surface area contributed by atoms with Crippen molar-refractivity contribution in [3.05, 3.63) is 41.2 Å². The molecule has 21 heavy (non-hydrogen) atoms. The standard InChI is InChI=1S/C17H23N3O/c1-4-18-11-5-6-16-12(2)19-17(20-13(16)3)14-7-9-15(21)10-8-14/h7-10,18,21H,4-6,11H2,1-3H3. The zero-order valence-corrected chi connectivity index (χ0v) is 13.0. The van der Waals surface area contributed by atoms with Gasteiger partial charge in [-0.3, -0.25) is 0 Å². The maximum atomic E-state index is 9.35. The summed E-state index contributed by atoms with van der Waals surface area (Å²) in [5, 5.41) is 12.7. The Morgan fingerprint density at radius 1 is 1.05 bits per heavy atom. The van der Waals surface area contributed by atoms with Crippen LogP contribution in [-0.2, 0) is 6.42 Å². The average molecular weight is 285 g/mol. The quantitative estimate of drug-likeness (QED) is 0.801. The highest BCUT2D eigenvalue weighted by molar-refractivity contribution is 5.57. The van der Waals surface area contributed by atoms with Crippen LogP contribution < -0.4 is 5.32 Å². The number of hydrogen-bond acceptors (Lipinski definition) is 4. The van der Waals surface area contributed by atoms with Gasteiger partial charge in [-0.15, -0.1) is 0 Å². The van der Waals surface area contributed by atoms with Crippen LogP contribution in [0, 0.1) is 13.8 Å². The molecule has 0 saturated carbocycles. The van der Waals surface area contributed by atoms with Crippen molar-refractivity contribution in [1.82, 2.24) is 15.3 Å². The smallest absolute Gasteiger partial charge is 0.159 e. The van der Waals surface area contributed by atoms with Crippen molar-refractivity contribution in [2.45, 2.75) is 33.6 Å². The van der Waals surface area contributed by atoms with Crippen LogP contribution in [0.5, 0.6) is 5.75 Å². The fourth-order valence-corrected chi connectivity index (χ4v) is 2.41. The van der Waals surface area contributed by atoms with Gasteiger partial charge in [-0.25, -0.2) is 9.97 Å². The van der Waals surface area contributed by atoms with E-state index in [-0.39, 0.29) is 5.75 Å². The van der Waals surface area contributed by atoms with Crippen LogP contribution in [0.1, 0.15) is 30.3 Å². The molecule has 0 atom stereocenters. The van der Waals surface area contributed by atoms with E-state index in [0.29, 0.717) is 0 Å². The van der Waals surface area contributed by atoms with Crippen LogP contribution in [0.3, 0.4) is 0 Å². The number of nitrogens with zero attached hydrogens (tertiary/aromatic N) is 2. The second-order valence-electron chi connectivity index (χ2n) is 5.20. The number of aromatic hydroxyl groups is 1. The van der Waals surface area contributed by atoms with Gasteiger partial charge in [-0.2, -0.15) is 0 Å². The molecule has 112 valence electrons. The first-order valence-corrected chi connectivity index (χ1v) is 7.46. The Balaban J connectivity index is 2.18. The highest BCUT2D eigenvalue weighted by Crippen LogP contribution is 2.21. The Morgan fingerprint density at radius 3 is 2.24 bits per heavy atom. The molecule has 1 aromatic heterocycles. The third-order valence-corrected chi connectivity index (χ3v) is 3.58. The summed E-state index contributed by atoms with van der Waals surface area (Å²) < 4.78 is 0. The summed E-state index contributed by atoms with van der Waals surface area (Å²) in [6, 6.07) is 7.00. The molecule has 2 rings (SSSR count). The molecule has 0 spiro atoms. The lowest BCUT2D eigenvalue weighted by molar-refractivity contribution is 0.475. The molecule has 0 radical (unpaired) electrons. The van der Waals surface area contributed by atoms with Crippen molar-refractivity contribution >= 4 is 0 Å². The van der Waals surface area contributed by atoms with Gasteiger partial charge in [0.1, 0.15) is 5.75 Å². The highest BCUT2D eigenvalue weighted by atomic mass is 16.3. The molecular formula is C17H23N3O. The number of rotatable bonds is 6. The van der Waals surface area contributed by atoms with Crippen LogP contribution >= 0.6 is 0 Å². The van der Waals surface area contributed by atoms with Gasteiger partial charge < -0.3 is 10.4 Å². The van der Waals surface area contributed by atoms with Gasteiger partial charge in [0.05, 0.1) is 0 Å². The van der Waals surface area contributed by atoms with Crippen LogP contribution in [0.2, 0.25) is 0 Å². The predicted molar refractivity (Wildman–Crippen MR) is 85.5 cm³/mol. The third kappa shape index (κ3) is 4.02. The summed E-state index contributed by atoms with van der Waals surface area (Å²) in [5.74, 6) is 0.979. The molecule has 2 aromatic rings. The lowest BCUT2D eigenvalue weighted by Gasteiger charge is -2.11. The SMILES string of the molecule is CCNCCCc1c(C)nc(-c2ccc(O)cc2)nc1C. The second kappa shape index (κ2) is 7.18. The summed E-state index contributed by atoms with van der Waals surface area (Å²) in [7, 11) is 0. The molecule has 0 fully saturated rings. The fourth-order valence-electron chi connectivity index (χ4n) is 2.41. The molecule has 0 aliphatic heterocycles. The highest BCUT2D eigenvalue weighted by Gasteiger charge is 2.09. The molecular weight excluding hydrogens is 262 g/mol. The van der Waals surface area contributed by atoms with Crippen molar-refractivity contribution in [3.8, 4) is 17.1 Å². The third-order valence-electron chi connectivity index (χ3n) is 3.58. The lowest BCUT2D eigenvalue weighted by atomic mass is 10.1. The topological polar surface area (TPSA) is 58.0 Å². The van der Waals surface area contributed by atoms with Crippen molar-refractivity contribution in [2.75, 3.05) is 13.1 Å².